The molecule has 0 heterocycles. The van der Waals surface area contributed by atoms with E-state index in [1.165, 1.54) is 18.2 Å². The molecule has 0 saturated carbocycles. The summed E-state index contributed by atoms with van der Waals surface area (Å²) in [6, 6.07) is 3.13. The molecule has 0 aromatic heterocycles. The Balaban J connectivity index is 2.50. The van der Waals surface area contributed by atoms with Gasteiger partial charge in [0.25, 0.3) is 0 Å². The van der Waals surface area contributed by atoms with Gasteiger partial charge in [0.15, 0.2) is 0 Å². The van der Waals surface area contributed by atoms with E-state index < -0.39 is 17.9 Å². The Morgan fingerprint density at radius 2 is 2.05 bits per heavy atom. The SMILES string of the molecule is NC(=O)C[C@@H](C=O)NC(=O)CCc1ccc(O)cc1O. The summed E-state index contributed by atoms with van der Waals surface area (Å²) in [7, 11) is 0. The van der Waals surface area contributed by atoms with E-state index >= 15 is 0 Å². The Hall–Kier alpha value is -2.57. The van der Waals surface area contributed by atoms with Crippen molar-refractivity contribution in [3.8, 4) is 11.5 Å². The lowest BCUT2D eigenvalue weighted by molar-refractivity contribution is -0.125. The van der Waals surface area contributed by atoms with Gasteiger partial charge in [-0.3, -0.25) is 9.59 Å². The number of primary amides is 1. The van der Waals surface area contributed by atoms with Crippen LogP contribution in [0.4, 0.5) is 0 Å². The average molecular weight is 280 g/mol. The molecule has 0 bridgehead atoms. The number of nitrogens with two attached hydrogens (primary N) is 1. The zero-order valence-corrected chi connectivity index (χ0v) is 10.7. The van der Waals surface area contributed by atoms with E-state index in [1.54, 1.807) is 0 Å². The van der Waals surface area contributed by atoms with Crippen LogP contribution in [-0.2, 0) is 20.8 Å². The highest BCUT2D eigenvalue weighted by Crippen LogP contribution is 2.23. The smallest absolute Gasteiger partial charge is 0.220 e. The van der Waals surface area contributed by atoms with Gasteiger partial charge < -0.3 is 26.1 Å². The summed E-state index contributed by atoms with van der Waals surface area (Å²) < 4.78 is 0. The number of benzene rings is 1. The number of phenolic OH excluding ortho intramolecular Hbond substituents is 2. The van der Waals surface area contributed by atoms with Crippen molar-refractivity contribution in [1.82, 2.24) is 5.32 Å². The van der Waals surface area contributed by atoms with E-state index in [1.807, 2.05) is 0 Å². The summed E-state index contributed by atoms with van der Waals surface area (Å²) in [5.41, 5.74) is 5.43. The number of hydrogen-bond donors (Lipinski definition) is 4. The number of aryl methyl sites for hydroxylation is 1. The number of phenols is 2. The van der Waals surface area contributed by atoms with Gasteiger partial charge in [-0.05, 0) is 18.1 Å². The highest BCUT2D eigenvalue weighted by atomic mass is 16.3. The number of hydrogen-bond acceptors (Lipinski definition) is 5. The molecule has 0 fully saturated rings. The third-order valence-electron chi connectivity index (χ3n) is 2.62. The molecule has 0 spiro atoms. The van der Waals surface area contributed by atoms with Crippen molar-refractivity contribution in [2.24, 2.45) is 5.73 Å². The minimum absolute atomic E-state index is 0.0292. The molecule has 1 atom stereocenters. The zero-order chi connectivity index (χ0) is 15.1. The molecule has 1 rings (SSSR count). The lowest BCUT2D eigenvalue weighted by Gasteiger charge is -2.11. The first kappa shape index (κ1) is 15.5. The highest BCUT2D eigenvalue weighted by molar-refractivity contribution is 5.84. The first-order valence-corrected chi connectivity index (χ1v) is 5.96. The van der Waals surface area contributed by atoms with E-state index in [9.17, 15) is 19.5 Å². The Kier molecular flexibility index (Phi) is 5.52. The monoisotopic (exact) mass is 280 g/mol. The molecule has 0 aliphatic rings. The van der Waals surface area contributed by atoms with Gasteiger partial charge in [-0.2, -0.15) is 0 Å². The lowest BCUT2D eigenvalue weighted by atomic mass is 10.1. The molecule has 0 aliphatic heterocycles. The fourth-order valence-corrected chi connectivity index (χ4v) is 1.64. The van der Waals surface area contributed by atoms with Gasteiger partial charge in [0, 0.05) is 12.5 Å². The Morgan fingerprint density at radius 3 is 2.60 bits per heavy atom. The molecular weight excluding hydrogens is 264 g/mol. The molecule has 0 aliphatic carbocycles. The Bertz CT molecular complexity index is 515. The minimum atomic E-state index is -0.937. The van der Waals surface area contributed by atoms with Crippen LogP contribution in [0, 0.1) is 0 Å². The first-order chi connectivity index (χ1) is 9.42. The molecule has 108 valence electrons. The maximum Gasteiger partial charge on any atom is 0.220 e. The number of aromatic hydroxyl groups is 2. The summed E-state index contributed by atoms with van der Waals surface area (Å²) in [6.07, 6.45) is 0.460. The second-order valence-electron chi connectivity index (χ2n) is 4.29. The highest BCUT2D eigenvalue weighted by Gasteiger charge is 2.14. The quantitative estimate of drug-likeness (QED) is 0.504. The molecule has 2 amide bonds. The van der Waals surface area contributed by atoms with Crippen LogP contribution in [0.3, 0.4) is 0 Å². The largest absolute Gasteiger partial charge is 0.508 e. The maximum atomic E-state index is 11.6. The van der Waals surface area contributed by atoms with Crippen LogP contribution in [0.15, 0.2) is 18.2 Å². The van der Waals surface area contributed by atoms with Crippen molar-refractivity contribution >= 4 is 18.1 Å². The molecular formula is C13H16N2O5. The predicted octanol–water partition coefficient (Wildman–Crippen LogP) is -0.411. The fourth-order valence-electron chi connectivity index (χ4n) is 1.64. The van der Waals surface area contributed by atoms with E-state index in [0.717, 1.165) is 0 Å². The Labute approximate surface area is 115 Å². The molecule has 7 heteroatoms. The molecule has 1 aromatic rings. The number of carbonyl (C=O) groups excluding carboxylic acids is 3. The van der Waals surface area contributed by atoms with Crippen molar-refractivity contribution in [3.05, 3.63) is 23.8 Å². The molecule has 0 saturated heterocycles. The number of amides is 2. The summed E-state index contributed by atoms with van der Waals surface area (Å²) in [5, 5.41) is 21.0. The number of carbonyl (C=O) groups is 3. The van der Waals surface area contributed by atoms with Crippen LogP contribution >= 0.6 is 0 Å². The van der Waals surface area contributed by atoms with Crippen LogP contribution < -0.4 is 11.1 Å². The molecule has 7 nitrogen and oxygen atoms in total. The van der Waals surface area contributed by atoms with Crippen LogP contribution in [0.1, 0.15) is 18.4 Å². The second kappa shape index (κ2) is 7.13. The molecule has 0 unspecified atom stereocenters. The number of aldehydes is 1. The summed E-state index contributed by atoms with van der Waals surface area (Å²) in [6.45, 7) is 0. The topological polar surface area (TPSA) is 130 Å². The number of nitrogens with one attached hydrogen (secondary N) is 1. The normalized spacial score (nSPS) is 11.6. The van der Waals surface area contributed by atoms with Gasteiger partial charge in [-0.1, -0.05) is 6.07 Å². The van der Waals surface area contributed by atoms with Gasteiger partial charge in [0.2, 0.25) is 11.8 Å². The molecule has 1 aromatic carbocycles. The number of rotatable bonds is 7. The van der Waals surface area contributed by atoms with Gasteiger partial charge in [-0.25, -0.2) is 0 Å². The second-order valence-corrected chi connectivity index (χ2v) is 4.29. The van der Waals surface area contributed by atoms with E-state index in [0.29, 0.717) is 11.8 Å². The van der Waals surface area contributed by atoms with Gasteiger partial charge in [0.05, 0.1) is 12.5 Å². The third kappa shape index (κ3) is 4.97. The summed E-state index contributed by atoms with van der Waals surface area (Å²) >= 11 is 0. The molecule has 20 heavy (non-hydrogen) atoms. The van der Waals surface area contributed by atoms with Crippen molar-refractivity contribution in [3.63, 3.8) is 0 Å². The summed E-state index contributed by atoms with van der Waals surface area (Å²) in [4.78, 5) is 32.9. The van der Waals surface area contributed by atoms with Crippen LogP contribution in [0.2, 0.25) is 0 Å². The fraction of sp³-hybridized carbons (Fsp3) is 0.308. The predicted molar refractivity (Wildman–Crippen MR) is 69.9 cm³/mol. The standard InChI is InChI=1S/C13H16N2O5/c14-12(19)5-9(7-16)15-13(20)4-2-8-1-3-10(17)6-11(8)18/h1,3,6-7,9,17-18H,2,4-5H2,(H2,14,19)(H,15,20)/t9-/m0/s1. The van der Waals surface area contributed by atoms with Crippen molar-refractivity contribution in [2.75, 3.05) is 0 Å². The van der Waals surface area contributed by atoms with E-state index in [-0.39, 0.29) is 30.8 Å². The first-order valence-electron chi connectivity index (χ1n) is 5.96. The van der Waals surface area contributed by atoms with Crippen LogP contribution in [0.5, 0.6) is 11.5 Å². The van der Waals surface area contributed by atoms with Crippen molar-refractivity contribution in [1.29, 1.82) is 0 Å². The van der Waals surface area contributed by atoms with E-state index in [4.69, 9.17) is 10.8 Å². The van der Waals surface area contributed by atoms with Gasteiger partial charge in [-0.15, -0.1) is 0 Å². The molecule has 0 radical (unpaired) electrons. The van der Waals surface area contributed by atoms with Crippen molar-refractivity contribution in [2.45, 2.75) is 25.3 Å². The van der Waals surface area contributed by atoms with Crippen LogP contribution in [0.25, 0.3) is 0 Å². The lowest BCUT2D eigenvalue weighted by Crippen LogP contribution is -2.39. The summed E-state index contributed by atoms with van der Waals surface area (Å²) in [5.74, 6) is -1.30. The maximum absolute atomic E-state index is 11.6. The van der Waals surface area contributed by atoms with Crippen molar-refractivity contribution < 1.29 is 24.6 Å². The average Bonchev–Trinajstić information content (AvgIpc) is 2.36. The molecule has 5 N–H and O–H groups in total. The zero-order valence-electron chi connectivity index (χ0n) is 10.7. The minimum Gasteiger partial charge on any atom is -0.508 e. The van der Waals surface area contributed by atoms with Gasteiger partial charge >= 0.3 is 0 Å². The van der Waals surface area contributed by atoms with E-state index in [2.05, 4.69) is 5.32 Å². The van der Waals surface area contributed by atoms with Gasteiger partial charge in [0.1, 0.15) is 17.8 Å². The third-order valence-corrected chi connectivity index (χ3v) is 2.62. The Morgan fingerprint density at radius 1 is 1.35 bits per heavy atom. The van der Waals surface area contributed by atoms with Crippen LogP contribution in [-0.4, -0.2) is 34.4 Å².